The first-order valence-corrected chi connectivity index (χ1v) is 5.53. The lowest BCUT2D eigenvalue weighted by Crippen LogP contribution is -1.86. The minimum Gasteiger partial charge on any atom is -0.356 e. The van der Waals surface area contributed by atoms with Crippen molar-refractivity contribution < 1.29 is 8.91 Å². The maximum Gasteiger partial charge on any atom is 0.170 e. The molecule has 14 heavy (non-hydrogen) atoms. The molecule has 0 radical (unpaired) electrons. The summed E-state index contributed by atoms with van der Waals surface area (Å²) < 4.78 is 17.8. The molecule has 2 nitrogen and oxygen atoms in total. The quantitative estimate of drug-likeness (QED) is 0.789. The minimum absolute atomic E-state index is 0.291. The molecular weight excluding hydrogens is 249 g/mol. The maximum atomic E-state index is 12.8. The summed E-state index contributed by atoms with van der Waals surface area (Å²) in [5.74, 6) is -0.291. The fraction of sp³-hybridized carbons (Fsp3) is 0.300. The van der Waals surface area contributed by atoms with Crippen LogP contribution < -0.4 is 0 Å². The number of rotatable bonds is 3. The lowest BCUT2D eigenvalue weighted by Gasteiger charge is -1.92. The summed E-state index contributed by atoms with van der Waals surface area (Å²) in [5.41, 5.74) is 1.43. The molecule has 0 saturated heterocycles. The number of alkyl halides is 1. The molecule has 0 spiro atoms. The molecule has 0 atom stereocenters. The summed E-state index contributed by atoms with van der Waals surface area (Å²) in [5, 5.41) is 5.75. The molecule has 0 unspecified atom stereocenters. The lowest BCUT2D eigenvalue weighted by molar-refractivity contribution is 0.444. The molecule has 2 aromatic rings. The van der Waals surface area contributed by atoms with Crippen molar-refractivity contribution in [3.8, 4) is 0 Å². The van der Waals surface area contributed by atoms with Crippen LogP contribution in [0.2, 0.25) is 0 Å². The van der Waals surface area contributed by atoms with Crippen molar-refractivity contribution in [2.24, 2.45) is 0 Å². The van der Waals surface area contributed by atoms with Gasteiger partial charge in [0, 0.05) is 16.8 Å². The van der Waals surface area contributed by atoms with Crippen LogP contribution in [0, 0.1) is 5.82 Å². The molecule has 1 aromatic carbocycles. The van der Waals surface area contributed by atoms with Crippen molar-refractivity contribution in [1.82, 2.24) is 5.16 Å². The Balaban J connectivity index is 2.37. The van der Waals surface area contributed by atoms with E-state index in [9.17, 15) is 4.39 Å². The number of aromatic nitrogens is 1. The van der Waals surface area contributed by atoms with Crippen molar-refractivity contribution in [1.29, 1.82) is 0 Å². The minimum atomic E-state index is -0.291. The highest BCUT2D eigenvalue weighted by Gasteiger charge is 2.07. The van der Waals surface area contributed by atoms with Crippen molar-refractivity contribution in [3.63, 3.8) is 0 Å². The Morgan fingerprint density at radius 1 is 1.43 bits per heavy atom. The molecule has 0 aliphatic rings. The largest absolute Gasteiger partial charge is 0.356 e. The van der Waals surface area contributed by atoms with Crippen molar-refractivity contribution >= 4 is 26.9 Å². The fourth-order valence-electron chi connectivity index (χ4n) is 1.38. The van der Waals surface area contributed by atoms with E-state index in [2.05, 4.69) is 21.1 Å². The van der Waals surface area contributed by atoms with Gasteiger partial charge in [-0.2, -0.15) is 0 Å². The Hall–Kier alpha value is -0.900. The third-order valence-corrected chi connectivity index (χ3v) is 2.62. The smallest absolute Gasteiger partial charge is 0.170 e. The summed E-state index contributed by atoms with van der Waals surface area (Å²) in [6, 6.07) is 4.50. The Kier molecular flexibility index (Phi) is 2.82. The van der Waals surface area contributed by atoms with Gasteiger partial charge in [-0.1, -0.05) is 21.1 Å². The molecule has 0 amide bonds. The van der Waals surface area contributed by atoms with Gasteiger partial charge in [0.05, 0.1) is 5.69 Å². The van der Waals surface area contributed by atoms with Crippen LogP contribution in [0.1, 0.15) is 12.1 Å². The van der Waals surface area contributed by atoms with Gasteiger partial charge in [0.25, 0.3) is 0 Å². The number of halogens is 2. The standard InChI is InChI=1S/C10H9BrFNO/c11-5-1-2-9-8-4-3-7(12)6-10(8)14-13-9/h3-4,6H,1-2,5H2. The molecule has 0 aliphatic heterocycles. The highest BCUT2D eigenvalue weighted by Crippen LogP contribution is 2.20. The zero-order valence-electron chi connectivity index (χ0n) is 7.46. The number of fused-ring (bicyclic) bond motifs is 1. The number of nitrogens with zero attached hydrogens (tertiary/aromatic N) is 1. The van der Waals surface area contributed by atoms with E-state index in [4.69, 9.17) is 4.52 Å². The molecular formula is C10H9BrFNO. The fourth-order valence-corrected chi connectivity index (χ4v) is 1.66. The maximum absolute atomic E-state index is 12.8. The monoisotopic (exact) mass is 257 g/mol. The molecule has 1 aromatic heterocycles. The van der Waals surface area contributed by atoms with E-state index in [1.54, 1.807) is 6.07 Å². The zero-order chi connectivity index (χ0) is 9.97. The molecule has 0 saturated carbocycles. The first-order valence-electron chi connectivity index (χ1n) is 4.41. The molecule has 0 aliphatic carbocycles. The Morgan fingerprint density at radius 2 is 2.29 bits per heavy atom. The first kappa shape index (κ1) is 9.65. The zero-order valence-corrected chi connectivity index (χ0v) is 9.05. The molecule has 74 valence electrons. The highest BCUT2D eigenvalue weighted by molar-refractivity contribution is 9.09. The van der Waals surface area contributed by atoms with Gasteiger partial charge in [0.2, 0.25) is 0 Å². The number of benzene rings is 1. The molecule has 0 N–H and O–H groups in total. The Labute approximate surface area is 89.2 Å². The Morgan fingerprint density at radius 3 is 3.07 bits per heavy atom. The predicted molar refractivity (Wildman–Crippen MR) is 56.1 cm³/mol. The molecule has 2 rings (SSSR count). The summed E-state index contributed by atoms with van der Waals surface area (Å²) >= 11 is 3.35. The predicted octanol–water partition coefficient (Wildman–Crippen LogP) is 3.29. The third kappa shape index (κ3) is 1.80. The van der Waals surface area contributed by atoms with Crippen LogP contribution in [0.5, 0.6) is 0 Å². The molecule has 1 heterocycles. The van der Waals surface area contributed by atoms with E-state index in [0.29, 0.717) is 5.58 Å². The molecule has 0 fully saturated rings. The lowest BCUT2D eigenvalue weighted by atomic mass is 10.1. The topological polar surface area (TPSA) is 26.0 Å². The summed E-state index contributed by atoms with van der Waals surface area (Å²) in [4.78, 5) is 0. The van der Waals surface area contributed by atoms with Crippen LogP contribution >= 0.6 is 15.9 Å². The number of aryl methyl sites for hydroxylation is 1. The first-order chi connectivity index (χ1) is 6.81. The third-order valence-electron chi connectivity index (χ3n) is 2.06. The summed E-state index contributed by atoms with van der Waals surface area (Å²) in [7, 11) is 0. The van der Waals surface area contributed by atoms with Crippen LogP contribution in [-0.2, 0) is 6.42 Å². The van der Waals surface area contributed by atoms with Crippen molar-refractivity contribution in [2.75, 3.05) is 5.33 Å². The number of hydrogen-bond donors (Lipinski definition) is 0. The average molecular weight is 258 g/mol. The second-order valence-electron chi connectivity index (χ2n) is 3.06. The number of hydrogen-bond acceptors (Lipinski definition) is 2. The van der Waals surface area contributed by atoms with Crippen LogP contribution in [0.25, 0.3) is 11.0 Å². The van der Waals surface area contributed by atoms with Gasteiger partial charge in [-0.15, -0.1) is 0 Å². The average Bonchev–Trinajstić information content (AvgIpc) is 2.57. The van der Waals surface area contributed by atoms with Gasteiger partial charge >= 0.3 is 0 Å². The van der Waals surface area contributed by atoms with Gasteiger partial charge in [0.1, 0.15) is 5.82 Å². The normalized spacial score (nSPS) is 11.0. The van der Waals surface area contributed by atoms with Gasteiger partial charge in [-0.3, -0.25) is 0 Å². The van der Waals surface area contributed by atoms with E-state index >= 15 is 0 Å². The highest BCUT2D eigenvalue weighted by atomic mass is 79.9. The van der Waals surface area contributed by atoms with Crippen LogP contribution in [-0.4, -0.2) is 10.5 Å². The second kappa shape index (κ2) is 4.09. The van der Waals surface area contributed by atoms with Crippen LogP contribution in [0.15, 0.2) is 22.7 Å². The summed E-state index contributed by atoms with van der Waals surface area (Å²) in [6.45, 7) is 0. The van der Waals surface area contributed by atoms with E-state index in [-0.39, 0.29) is 5.82 Å². The van der Waals surface area contributed by atoms with Gasteiger partial charge < -0.3 is 4.52 Å². The summed E-state index contributed by atoms with van der Waals surface area (Å²) in [6.07, 6.45) is 1.85. The van der Waals surface area contributed by atoms with E-state index in [1.165, 1.54) is 12.1 Å². The van der Waals surface area contributed by atoms with Gasteiger partial charge in [-0.25, -0.2) is 4.39 Å². The van der Waals surface area contributed by atoms with Crippen molar-refractivity contribution in [3.05, 3.63) is 29.7 Å². The van der Waals surface area contributed by atoms with Gasteiger partial charge in [0.15, 0.2) is 5.58 Å². The molecule has 4 heteroatoms. The van der Waals surface area contributed by atoms with E-state index in [1.807, 2.05) is 0 Å². The second-order valence-corrected chi connectivity index (χ2v) is 3.86. The Bertz CT molecular complexity index is 441. The van der Waals surface area contributed by atoms with Crippen LogP contribution in [0.4, 0.5) is 4.39 Å². The molecule has 0 bridgehead atoms. The van der Waals surface area contributed by atoms with Crippen LogP contribution in [0.3, 0.4) is 0 Å². The SMILES string of the molecule is Fc1ccc2c(CCCBr)noc2c1. The van der Waals surface area contributed by atoms with E-state index < -0.39 is 0 Å². The van der Waals surface area contributed by atoms with E-state index in [0.717, 1.165) is 29.3 Å². The van der Waals surface area contributed by atoms with Crippen molar-refractivity contribution in [2.45, 2.75) is 12.8 Å². The van der Waals surface area contributed by atoms with Gasteiger partial charge in [-0.05, 0) is 25.0 Å².